The minimum atomic E-state index is -0.871. The molecular formula is C51H83NO3. The average Bonchev–Trinajstić information content (AvgIpc) is 3.19. The Morgan fingerprint density at radius 3 is 1.27 bits per heavy atom. The molecule has 0 bridgehead atoms. The molecule has 0 heterocycles. The van der Waals surface area contributed by atoms with Gasteiger partial charge in [-0.25, -0.2) is 0 Å². The maximum absolute atomic E-state index is 12.3. The van der Waals surface area contributed by atoms with Gasteiger partial charge in [0.25, 0.3) is 0 Å². The highest BCUT2D eigenvalue weighted by Crippen LogP contribution is 2.12. The maximum atomic E-state index is 12.3. The Kier molecular flexibility index (Phi) is 42.5. The van der Waals surface area contributed by atoms with E-state index in [9.17, 15) is 15.0 Å². The Morgan fingerprint density at radius 2 is 0.818 bits per heavy atom. The van der Waals surface area contributed by atoms with Gasteiger partial charge in [-0.2, -0.15) is 0 Å². The van der Waals surface area contributed by atoms with E-state index in [1.165, 1.54) is 57.8 Å². The van der Waals surface area contributed by atoms with Crippen LogP contribution in [0.15, 0.2) is 122 Å². The lowest BCUT2D eigenvalue weighted by atomic mass is 10.1. The molecule has 3 N–H and O–H groups in total. The first-order valence-electron chi connectivity index (χ1n) is 22.2. The van der Waals surface area contributed by atoms with E-state index >= 15 is 0 Å². The molecule has 310 valence electrons. The van der Waals surface area contributed by atoms with Crippen molar-refractivity contribution < 1.29 is 15.0 Å². The fraction of sp³-hybridized carbons (Fsp3) is 0.588. The summed E-state index contributed by atoms with van der Waals surface area (Å²) >= 11 is 0. The molecule has 2 atom stereocenters. The number of rotatable bonds is 38. The van der Waals surface area contributed by atoms with Crippen molar-refractivity contribution in [2.75, 3.05) is 6.61 Å². The topological polar surface area (TPSA) is 69.6 Å². The van der Waals surface area contributed by atoms with Crippen LogP contribution in [0.1, 0.15) is 174 Å². The molecule has 0 aromatic heterocycles. The van der Waals surface area contributed by atoms with Crippen molar-refractivity contribution >= 4 is 5.91 Å². The molecule has 0 saturated carbocycles. The van der Waals surface area contributed by atoms with Crippen molar-refractivity contribution in [3.63, 3.8) is 0 Å². The zero-order chi connectivity index (χ0) is 40.0. The van der Waals surface area contributed by atoms with Gasteiger partial charge in [-0.3, -0.25) is 4.79 Å². The zero-order valence-electron chi connectivity index (χ0n) is 35.4. The SMILES string of the molecule is CC/C=C\C/C=C\C/C=C\C/C=C\C/C=C\C/C=C\C/C=C\C/C=C\CCCCCCCCCCC(=O)NC(CO)C(O)/C=C/CC/C=C/CCCCCC. The van der Waals surface area contributed by atoms with E-state index in [0.717, 1.165) is 96.3 Å². The summed E-state index contributed by atoms with van der Waals surface area (Å²) in [5.74, 6) is -0.0917. The van der Waals surface area contributed by atoms with Crippen molar-refractivity contribution in [2.45, 2.75) is 187 Å². The summed E-state index contributed by atoms with van der Waals surface area (Å²) in [6, 6.07) is -0.650. The largest absolute Gasteiger partial charge is 0.394 e. The van der Waals surface area contributed by atoms with E-state index in [0.29, 0.717) is 6.42 Å². The lowest BCUT2D eigenvalue weighted by molar-refractivity contribution is -0.123. The summed E-state index contributed by atoms with van der Waals surface area (Å²) < 4.78 is 0. The fourth-order valence-corrected chi connectivity index (χ4v) is 5.79. The van der Waals surface area contributed by atoms with Crippen LogP contribution in [0.3, 0.4) is 0 Å². The predicted octanol–water partition coefficient (Wildman–Crippen LogP) is 14.2. The van der Waals surface area contributed by atoms with E-state index in [2.05, 4.69) is 129 Å². The van der Waals surface area contributed by atoms with E-state index in [-0.39, 0.29) is 12.5 Å². The Hall–Kier alpha value is -3.21. The number of carbonyl (C=O) groups excluding carboxylic acids is 1. The standard InChI is InChI=1S/C51H83NO3/c1-3-5-7-9-11-13-15-16-17-18-19-20-21-22-23-24-25-26-27-28-29-30-31-32-33-34-35-36-37-39-41-43-45-47-51(55)52-49(48-53)50(54)46-44-42-40-38-14-12-10-8-6-4-2/h5,7,11,13-14,16-17,19-20,22-23,25-26,28-29,31-32,38,44,46,49-50,53-54H,3-4,6,8-10,12,15,18,21,24,27,30,33-37,39-43,45,47-48H2,1-2H3,(H,52,55)/b7-5-,13-11-,17-16-,20-19-,23-22-,26-25-,29-28-,32-31-,38-14+,46-44+. The Morgan fingerprint density at radius 1 is 0.455 bits per heavy atom. The molecule has 0 fully saturated rings. The number of unbranched alkanes of at least 4 members (excludes halogenated alkanes) is 13. The second kappa shape index (κ2) is 45.2. The van der Waals surface area contributed by atoms with Crippen LogP contribution >= 0.6 is 0 Å². The first-order valence-corrected chi connectivity index (χ1v) is 22.2. The molecule has 0 aliphatic carbocycles. The highest BCUT2D eigenvalue weighted by atomic mass is 16.3. The number of aliphatic hydroxyl groups excluding tert-OH is 2. The third kappa shape index (κ3) is 41.8. The first kappa shape index (κ1) is 51.8. The van der Waals surface area contributed by atoms with Crippen LogP contribution in [-0.4, -0.2) is 34.9 Å². The lowest BCUT2D eigenvalue weighted by Crippen LogP contribution is -2.45. The maximum Gasteiger partial charge on any atom is 0.220 e. The van der Waals surface area contributed by atoms with Crippen LogP contribution < -0.4 is 5.32 Å². The summed E-state index contributed by atoms with van der Waals surface area (Å²) in [7, 11) is 0. The van der Waals surface area contributed by atoms with E-state index in [1.54, 1.807) is 6.08 Å². The van der Waals surface area contributed by atoms with Gasteiger partial charge >= 0.3 is 0 Å². The number of amides is 1. The normalized spacial score (nSPS) is 14.2. The summed E-state index contributed by atoms with van der Waals surface area (Å²) in [4.78, 5) is 12.3. The molecule has 0 spiro atoms. The van der Waals surface area contributed by atoms with Crippen LogP contribution in [-0.2, 0) is 4.79 Å². The number of hydrogen-bond acceptors (Lipinski definition) is 3. The van der Waals surface area contributed by atoms with Gasteiger partial charge in [0.15, 0.2) is 0 Å². The predicted molar refractivity (Wildman–Crippen MR) is 243 cm³/mol. The molecule has 0 aliphatic rings. The molecule has 0 radical (unpaired) electrons. The van der Waals surface area contributed by atoms with Crippen LogP contribution in [0.25, 0.3) is 0 Å². The Bertz CT molecular complexity index is 1130. The van der Waals surface area contributed by atoms with Gasteiger partial charge < -0.3 is 15.5 Å². The van der Waals surface area contributed by atoms with E-state index in [1.807, 2.05) is 6.08 Å². The zero-order valence-corrected chi connectivity index (χ0v) is 35.4. The number of nitrogens with one attached hydrogen (secondary N) is 1. The first-order chi connectivity index (χ1) is 27.2. The summed E-state index contributed by atoms with van der Waals surface area (Å²) in [6.45, 7) is 4.12. The van der Waals surface area contributed by atoms with Gasteiger partial charge in [-0.1, -0.05) is 193 Å². The summed E-state index contributed by atoms with van der Waals surface area (Å²) in [5, 5.41) is 22.9. The smallest absolute Gasteiger partial charge is 0.220 e. The number of allylic oxidation sites excluding steroid dienone is 19. The molecule has 0 aromatic rings. The van der Waals surface area contributed by atoms with Crippen molar-refractivity contribution in [3.8, 4) is 0 Å². The molecular weight excluding hydrogens is 675 g/mol. The quantitative estimate of drug-likeness (QED) is 0.0434. The van der Waals surface area contributed by atoms with Crippen molar-refractivity contribution in [1.29, 1.82) is 0 Å². The number of hydrogen-bond donors (Lipinski definition) is 3. The second-order valence-electron chi connectivity index (χ2n) is 14.4. The summed E-state index contributed by atoms with van der Waals surface area (Å²) in [5.41, 5.74) is 0. The Labute approximate surface area is 339 Å². The van der Waals surface area contributed by atoms with Gasteiger partial charge in [0, 0.05) is 6.42 Å². The van der Waals surface area contributed by atoms with Crippen LogP contribution in [0.2, 0.25) is 0 Å². The van der Waals surface area contributed by atoms with E-state index in [4.69, 9.17) is 0 Å². The van der Waals surface area contributed by atoms with Gasteiger partial charge in [0.2, 0.25) is 5.91 Å². The monoisotopic (exact) mass is 758 g/mol. The second-order valence-corrected chi connectivity index (χ2v) is 14.4. The van der Waals surface area contributed by atoms with Crippen molar-refractivity contribution in [2.24, 2.45) is 0 Å². The van der Waals surface area contributed by atoms with Gasteiger partial charge in [-0.15, -0.1) is 0 Å². The van der Waals surface area contributed by atoms with Gasteiger partial charge in [0.05, 0.1) is 18.8 Å². The minimum Gasteiger partial charge on any atom is -0.394 e. The van der Waals surface area contributed by atoms with Crippen molar-refractivity contribution in [1.82, 2.24) is 5.32 Å². The Balaban J connectivity index is 3.66. The average molecular weight is 758 g/mol. The minimum absolute atomic E-state index is 0.0917. The van der Waals surface area contributed by atoms with Crippen LogP contribution in [0.5, 0.6) is 0 Å². The van der Waals surface area contributed by atoms with Crippen LogP contribution in [0, 0.1) is 0 Å². The molecule has 4 nitrogen and oxygen atoms in total. The summed E-state index contributed by atoms with van der Waals surface area (Å²) in [6.07, 6.45) is 70.3. The highest BCUT2D eigenvalue weighted by molar-refractivity contribution is 5.76. The molecule has 0 rings (SSSR count). The molecule has 0 saturated heterocycles. The molecule has 55 heavy (non-hydrogen) atoms. The lowest BCUT2D eigenvalue weighted by Gasteiger charge is -2.19. The van der Waals surface area contributed by atoms with Crippen molar-refractivity contribution in [3.05, 3.63) is 122 Å². The van der Waals surface area contributed by atoms with Crippen LogP contribution in [0.4, 0.5) is 0 Å². The molecule has 1 amide bonds. The number of carbonyl (C=O) groups is 1. The number of aliphatic hydroxyl groups is 2. The fourth-order valence-electron chi connectivity index (χ4n) is 5.79. The molecule has 2 unspecified atom stereocenters. The molecule has 4 heteroatoms. The third-order valence-corrected chi connectivity index (χ3v) is 9.18. The third-order valence-electron chi connectivity index (χ3n) is 9.18. The molecule has 0 aliphatic heterocycles. The van der Waals surface area contributed by atoms with E-state index < -0.39 is 12.1 Å². The highest BCUT2D eigenvalue weighted by Gasteiger charge is 2.17. The van der Waals surface area contributed by atoms with Gasteiger partial charge in [0.1, 0.15) is 0 Å². The van der Waals surface area contributed by atoms with Gasteiger partial charge in [-0.05, 0) is 96.3 Å². The molecule has 0 aromatic carbocycles.